The number of hydrogen-bond acceptors (Lipinski definition) is 2. The molecule has 1 atom stereocenters. The van der Waals surface area contributed by atoms with Crippen LogP contribution in [0.5, 0.6) is 0 Å². The molecular weight excluding hydrogens is 325 g/mol. The van der Waals surface area contributed by atoms with Crippen LogP contribution in [0.15, 0.2) is 34.1 Å². The van der Waals surface area contributed by atoms with Crippen molar-refractivity contribution in [1.29, 1.82) is 0 Å². The molecule has 0 spiro atoms. The molecule has 17 heavy (non-hydrogen) atoms. The van der Waals surface area contributed by atoms with Gasteiger partial charge in [0.1, 0.15) is 5.82 Å². The number of hydrogen-bond donors (Lipinski definition) is 1. The largest absolute Gasteiger partial charge is 0.324 e. The maximum absolute atomic E-state index is 13.3. The molecular formula is C12H10BrClFNS. The van der Waals surface area contributed by atoms with Gasteiger partial charge in [0.15, 0.2) is 0 Å². The van der Waals surface area contributed by atoms with Crippen molar-refractivity contribution in [3.8, 4) is 0 Å². The van der Waals surface area contributed by atoms with E-state index < -0.39 is 5.82 Å². The van der Waals surface area contributed by atoms with Gasteiger partial charge in [-0.1, -0.05) is 23.7 Å². The second-order valence-corrected chi connectivity index (χ2v) is 5.88. The highest BCUT2D eigenvalue weighted by molar-refractivity contribution is 9.10. The molecule has 0 radical (unpaired) electrons. The molecule has 0 fully saturated rings. The van der Waals surface area contributed by atoms with Gasteiger partial charge < -0.3 is 5.73 Å². The summed E-state index contributed by atoms with van der Waals surface area (Å²) in [7, 11) is 0. The fraction of sp³-hybridized carbons (Fsp3) is 0.167. The Morgan fingerprint density at radius 3 is 2.82 bits per heavy atom. The Morgan fingerprint density at radius 2 is 2.18 bits per heavy atom. The summed E-state index contributed by atoms with van der Waals surface area (Å²) in [6.45, 7) is 0. The predicted octanol–water partition coefficient (Wildman–Crippen LogP) is 4.55. The normalized spacial score (nSPS) is 12.7. The minimum absolute atomic E-state index is 0.118. The molecule has 2 N–H and O–H groups in total. The third-order valence-corrected chi connectivity index (χ3v) is 4.82. The van der Waals surface area contributed by atoms with E-state index in [1.54, 1.807) is 23.5 Å². The Bertz CT molecular complexity index is 529. The van der Waals surface area contributed by atoms with Gasteiger partial charge in [-0.05, 0) is 39.0 Å². The van der Waals surface area contributed by atoms with Crippen LogP contribution < -0.4 is 5.73 Å². The Morgan fingerprint density at radius 1 is 1.41 bits per heavy atom. The second-order valence-electron chi connectivity index (χ2n) is 3.65. The van der Waals surface area contributed by atoms with Crippen LogP contribution in [0.2, 0.25) is 5.02 Å². The molecule has 0 saturated heterocycles. The quantitative estimate of drug-likeness (QED) is 0.876. The molecule has 0 amide bonds. The van der Waals surface area contributed by atoms with Gasteiger partial charge in [-0.25, -0.2) is 4.39 Å². The molecule has 1 unspecified atom stereocenters. The molecule has 1 heterocycles. The fourth-order valence-electron chi connectivity index (χ4n) is 1.59. The number of thiophene rings is 1. The van der Waals surface area contributed by atoms with Gasteiger partial charge in [0.25, 0.3) is 0 Å². The van der Waals surface area contributed by atoms with Crippen molar-refractivity contribution in [1.82, 2.24) is 0 Å². The zero-order valence-corrected chi connectivity index (χ0v) is 11.9. The number of nitrogens with two attached hydrogens (primary N) is 1. The van der Waals surface area contributed by atoms with Crippen LogP contribution >= 0.6 is 38.9 Å². The highest BCUT2D eigenvalue weighted by atomic mass is 79.9. The van der Waals surface area contributed by atoms with E-state index in [4.69, 9.17) is 17.3 Å². The highest BCUT2D eigenvalue weighted by Gasteiger charge is 2.15. The van der Waals surface area contributed by atoms with E-state index in [1.165, 1.54) is 6.07 Å². The smallest absolute Gasteiger partial charge is 0.142 e. The third-order valence-electron chi connectivity index (χ3n) is 2.48. The lowest BCUT2D eigenvalue weighted by Crippen LogP contribution is -2.13. The number of halogens is 3. The fourth-order valence-corrected chi connectivity index (χ4v) is 3.43. The second kappa shape index (κ2) is 5.48. The third kappa shape index (κ3) is 2.88. The summed E-state index contributed by atoms with van der Waals surface area (Å²) < 4.78 is 14.3. The van der Waals surface area contributed by atoms with Crippen molar-refractivity contribution in [2.75, 3.05) is 0 Å². The molecule has 0 saturated carbocycles. The van der Waals surface area contributed by atoms with Gasteiger partial charge in [0.05, 0.1) is 5.02 Å². The first-order valence-electron chi connectivity index (χ1n) is 5.01. The van der Waals surface area contributed by atoms with Crippen molar-refractivity contribution >= 4 is 38.9 Å². The van der Waals surface area contributed by atoms with E-state index in [0.29, 0.717) is 12.0 Å². The SMILES string of the molecule is NC(Cc1sccc1Br)c1cccc(F)c1Cl. The van der Waals surface area contributed by atoms with Crippen molar-refractivity contribution in [2.45, 2.75) is 12.5 Å². The van der Waals surface area contributed by atoms with Gasteiger partial charge in [0.2, 0.25) is 0 Å². The van der Waals surface area contributed by atoms with Gasteiger partial charge in [-0.15, -0.1) is 11.3 Å². The van der Waals surface area contributed by atoms with Crippen LogP contribution in [0.3, 0.4) is 0 Å². The number of benzene rings is 1. The number of rotatable bonds is 3. The highest BCUT2D eigenvalue weighted by Crippen LogP contribution is 2.30. The first-order valence-corrected chi connectivity index (χ1v) is 7.06. The Labute approximate surface area is 117 Å². The summed E-state index contributed by atoms with van der Waals surface area (Å²) in [5.74, 6) is -0.426. The summed E-state index contributed by atoms with van der Waals surface area (Å²) in [6, 6.07) is 6.39. The molecule has 0 aliphatic heterocycles. The van der Waals surface area contributed by atoms with Gasteiger partial charge >= 0.3 is 0 Å². The maximum atomic E-state index is 13.3. The van der Waals surface area contributed by atoms with E-state index in [9.17, 15) is 4.39 Å². The van der Waals surface area contributed by atoms with E-state index >= 15 is 0 Å². The molecule has 0 bridgehead atoms. The Balaban J connectivity index is 2.23. The standard InChI is InChI=1S/C12H10BrClFNS/c13-8-4-5-17-11(8)6-10(16)7-2-1-3-9(15)12(7)14/h1-5,10H,6,16H2. The summed E-state index contributed by atoms with van der Waals surface area (Å²) >= 11 is 11.0. The van der Waals surface area contributed by atoms with Crippen LogP contribution in [0.1, 0.15) is 16.5 Å². The van der Waals surface area contributed by atoms with Crippen LogP contribution in [0, 0.1) is 5.82 Å². The monoisotopic (exact) mass is 333 g/mol. The molecule has 5 heteroatoms. The molecule has 90 valence electrons. The van der Waals surface area contributed by atoms with Crippen molar-refractivity contribution in [2.24, 2.45) is 5.73 Å². The zero-order valence-electron chi connectivity index (χ0n) is 8.79. The zero-order chi connectivity index (χ0) is 12.4. The Kier molecular flexibility index (Phi) is 4.20. The summed E-state index contributed by atoms with van der Waals surface area (Å²) in [4.78, 5) is 1.14. The predicted molar refractivity (Wildman–Crippen MR) is 74.1 cm³/mol. The van der Waals surface area contributed by atoms with E-state index in [0.717, 1.165) is 9.35 Å². The summed E-state index contributed by atoms with van der Waals surface area (Å²) in [6.07, 6.45) is 0.640. The van der Waals surface area contributed by atoms with E-state index in [1.807, 2.05) is 11.4 Å². The van der Waals surface area contributed by atoms with Crippen molar-refractivity contribution < 1.29 is 4.39 Å². The molecule has 2 rings (SSSR count). The first-order chi connectivity index (χ1) is 8.09. The summed E-state index contributed by atoms with van der Waals surface area (Å²) in [5, 5.41) is 2.10. The van der Waals surface area contributed by atoms with Crippen LogP contribution in [-0.4, -0.2) is 0 Å². The molecule has 1 aromatic carbocycles. The van der Waals surface area contributed by atoms with Gasteiger partial charge in [-0.2, -0.15) is 0 Å². The lowest BCUT2D eigenvalue weighted by Gasteiger charge is -2.13. The first kappa shape index (κ1) is 13.0. The molecule has 0 aliphatic rings. The molecule has 2 aromatic rings. The average Bonchev–Trinajstić information content (AvgIpc) is 2.68. The molecule has 0 aliphatic carbocycles. The minimum Gasteiger partial charge on any atom is -0.324 e. The lowest BCUT2D eigenvalue weighted by molar-refractivity contribution is 0.619. The van der Waals surface area contributed by atoms with Crippen molar-refractivity contribution in [3.05, 3.63) is 55.4 Å². The Hall–Kier alpha value is -0.420. The van der Waals surface area contributed by atoms with Crippen LogP contribution in [0.25, 0.3) is 0 Å². The van der Waals surface area contributed by atoms with Gasteiger partial charge in [0, 0.05) is 21.8 Å². The molecule has 1 aromatic heterocycles. The van der Waals surface area contributed by atoms with Crippen LogP contribution in [-0.2, 0) is 6.42 Å². The summed E-state index contributed by atoms with van der Waals surface area (Å²) in [5.41, 5.74) is 6.70. The molecule has 1 nitrogen and oxygen atoms in total. The van der Waals surface area contributed by atoms with E-state index in [2.05, 4.69) is 15.9 Å². The van der Waals surface area contributed by atoms with Gasteiger partial charge in [-0.3, -0.25) is 0 Å². The van der Waals surface area contributed by atoms with Crippen molar-refractivity contribution in [3.63, 3.8) is 0 Å². The topological polar surface area (TPSA) is 26.0 Å². The van der Waals surface area contributed by atoms with E-state index in [-0.39, 0.29) is 11.1 Å². The minimum atomic E-state index is -0.426. The lowest BCUT2D eigenvalue weighted by atomic mass is 10.0. The maximum Gasteiger partial charge on any atom is 0.142 e. The average molecular weight is 335 g/mol. The van der Waals surface area contributed by atoms with Crippen LogP contribution in [0.4, 0.5) is 4.39 Å².